The van der Waals surface area contributed by atoms with E-state index in [1.165, 1.54) is 0 Å². The lowest BCUT2D eigenvalue weighted by atomic mass is 9.86. The largest absolute Gasteiger partial charge is 0.362 e. The monoisotopic (exact) mass is 423 g/mol. The third-order valence-electron chi connectivity index (χ3n) is 5.71. The van der Waals surface area contributed by atoms with Gasteiger partial charge in [0.1, 0.15) is 5.82 Å². The Labute approximate surface area is 181 Å². The van der Waals surface area contributed by atoms with Crippen LogP contribution in [-0.2, 0) is 11.2 Å². The molecule has 1 amide bonds. The van der Waals surface area contributed by atoms with E-state index in [9.17, 15) is 4.79 Å². The average molecular weight is 424 g/mol. The van der Waals surface area contributed by atoms with Gasteiger partial charge in [-0.25, -0.2) is 4.98 Å². The molecular weight excluding hydrogens is 394 g/mol. The summed E-state index contributed by atoms with van der Waals surface area (Å²) in [5, 5.41) is 11.8. The van der Waals surface area contributed by atoms with Gasteiger partial charge in [-0.15, -0.1) is 0 Å². The van der Waals surface area contributed by atoms with Crippen molar-refractivity contribution in [1.82, 2.24) is 15.3 Å². The molecule has 0 atom stereocenters. The highest BCUT2D eigenvalue weighted by Crippen LogP contribution is 2.26. The number of anilines is 2. The zero-order valence-electron chi connectivity index (χ0n) is 17.6. The van der Waals surface area contributed by atoms with Crippen LogP contribution in [0.4, 0.5) is 11.8 Å². The fourth-order valence-electron chi connectivity index (χ4n) is 4.08. The molecule has 4 rings (SSSR count). The number of hydrogen-bond acceptors (Lipinski definition) is 6. The van der Waals surface area contributed by atoms with Crippen molar-refractivity contribution < 1.29 is 4.79 Å². The van der Waals surface area contributed by atoms with Crippen LogP contribution in [0, 0.1) is 5.92 Å². The summed E-state index contributed by atoms with van der Waals surface area (Å²) in [4.78, 5) is 23.7. The number of para-hydroxylation sites is 1. The molecule has 0 unspecified atom stereocenters. The average Bonchev–Trinajstić information content (AvgIpc) is 3.25. The molecule has 1 aliphatic rings. The van der Waals surface area contributed by atoms with Gasteiger partial charge in [0.25, 0.3) is 0 Å². The van der Waals surface area contributed by atoms with Gasteiger partial charge in [-0.1, -0.05) is 12.1 Å². The Morgan fingerprint density at radius 2 is 1.93 bits per heavy atom. The summed E-state index contributed by atoms with van der Waals surface area (Å²) >= 11 is 1.63. The standard InChI is InChI=1S/C23H29N5OS/c1-28(2)22-19-5-3-4-6-20(19)26-23(27-22)24-14-16-7-9-18(10-8-16)25-21(29)13-17-11-12-30-15-17/h3-6,11-12,15-16,18H,7-10,13-14H2,1-2H3,(H,25,29)(H,24,26,27). The SMILES string of the molecule is CN(C)c1nc(NCC2CCC(NC(=O)Cc3ccsc3)CC2)nc2ccccc12. The van der Waals surface area contributed by atoms with Crippen molar-refractivity contribution in [1.29, 1.82) is 0 Å². The third kappa shape index (κ3) is 5.08. The summed E-state index contributed by atoms with van der Waals surface area (Å²) in [5.41, 5.74) is 2.05. The fraction of sp³-hybridized carbons (Fsp3) is 0.435. The predicted octanol–water partition coefficient (Wildman–Crippen LogP) is 4.09. The first-order chi connectivity index (χ1) is 14.6. The van der Waals surface area contributed by atoms with E-state index in [0.717, 1.165) is 54.5 Å². The highest BCUT2D eigenvalue weighted by atomic mass is 32.1. The second-order valence-electron chi connectivity index (χ2n) is 8.26. The fourth-order valence-corrected chi connectivity index (χ4v) is 4.75. The van der Waals surface area contributed by atoms with E-state index < -0.39 is 0 Å². The number of benzene rings is 1. The van der Waals surface area contributed by atoms with E-state index >= 15 is 0 Å². The highest BCUT2D eigenvalue weighted by molar-refractivity contribution is 7.08. The second-order valence-corrected chi connectivity index (χ2v) is 9.04. The zero-order chi connectivity index (χ0) is 20.9. The van der Waals surface area contributed by atoms with Gasteiger partial charge >= 0.3 is 0 Å². The molecule has 158 valence electrons. The minimum atomic E-state index is 0.135. The van der Waals surface area contributed by atoms with Crippen LogP contribution in [-0.4, -0.2) is 42.6 Å². The van der Waals surface area contributed by atoms with E-state index in [-0.39, 0.29) is 5.91 Å². The van der Waals surface area contributed by atoms with E-state index in [1.54, 1.807) is 11.3 Å². The lowest BCUT2D eigenvalue weighted by Gasteiger charge is -2.29. The van der Waals surface area contributed by atoms with Crippen LogP contribution in [0.1, 0.15) is 31.2 Å². The number of fused-ring (bicyclic) bond motifs is 1. The quantitative estimate of drug-likeness (QED) is 0.599. The molecule has 30 heavy (non-hydrogen) atoms. The number of aromatic nitrogens is 2. The molecule has 0 saturated heterocycles. The van der Waals surface area contributed by atoms with Crippen LogP contribution in [0.3, 0.4) is 0 Å². The Kier molecular flexibility index (Phi) is 6.47. The van der Waals surface area contributed by atoms with Crippen molar-refractivity contribution in [2.45, 2.75) is 38.1 Å². The number of nitrogens with one attached hydrogen (secondary N) is 2. The van der Waals surface area contributed by atoms with Gasteiger partial charge < -0.3 is 15.5 Å². The third-order valence-corrected chi connectivity index (χ3v) is 6.44. The molecular formula is C23H29N5OS. The van der Waals surface area contributed by atoms with Crippen LogP contribution in [0.2, 0.25) is 0 Å². The Bertz CT molecular complexity index is 980. The second kappa shape index (κ2) is 9.43. The van der Waals surface area contributed by atoms with Gasteiger partial charge in [-0.2, -0.15) is 16.3 Å². The number of amides is 1. The predicted molar refractivity (Wildman–Crippen MR) is 124 cm³/mol. The molecule has 2 N–H and O–H groups in total. The topological polar surface area (TPSA) is 70.2 Å². The summed E-state index contributed by atoms with van der Waals surface area (Å²) < 4.78 is 0. The van der Waals surface area contributed by atoms with Crippen molar-refractivity contribution in [3.8, 4) is 0 Å². The summed E-state index contributed by atoms with van der Waals surface area (Å²) in [7, 11) is 4.01. The van der Waals surface area contributed by atoms with Crippen LogP contribution in [0.5, 0.6) is 0 Å². The van der Waals surface area contributed by atoms with Crippen LogP contribution < -0.4 is 15.5 Å². The van der Waals surface area contributed by atoms with Gasteiger partial charge in [-0.3, -0.25) is 4.79 Å². The molecule has 2 aromatic heterocycles. The van der Waals surface area contributed by atoms with Gasteiger partial charge in [-0.05, 0) is 66.1 Å². The number of rotatable bonds is 7. The lowest BCUT2D eigenvalue weighted by molar-refractivity contribution is -0.121. The Morgan fingerprint density at radius 1 is 1.13 bits per heavy atom. The van der Waals surface area contributed by atoms with E-state index in [1.807, 2.05) is 54.0 Å². The number of thiophene rings is 1. The maximum absolute atomic E-state index is 12.2. The highest BCUT2D eigenvalue weighted by Gasteiger charge is 2.22. The van der Waals surface area contributed by atoms with E-state index in [4.69, 9.17) is 4.98 Å². The van der Waals surface area contributed by atoms with Gasteiger partial charge in [0, 0.05) is 32.1 Å². The molecule has 1 fully saturated rings. The van der Waals surface area contributed by atoms with E-state index in [2.05, 4.69) is 21.7 Å². The molecule has 1 saturated carbocycles. The van der Waals surface area contributed by atoms with Gasteiger partial charge in [0.05, 0.1) is 11.9 Å². The molecule has 0 radical (unpaired) electrons. The normalized spacial score (nSPS) is 18.9. The molecule has 3 aromatic rings. The minimum absolute atomic E-state index is 0.135. The molecule has 6 nitrogen and oxygen atoms in total. The summed E-state index contributed by atoms with van der Waals surface area (Å²) in [6.07, 6.45) is 4.75. The zero-order valence-corrected chi connectivity index (χ0v) is 18.4. The van der Waals surface area contributed by atoms with Crippen molar-refractivity contribution >= 4 is 39.9 Å². The first-order valence-electron chi connectivity index (χ1n) is 10.6. The van der Waals surface area contributed by atoms with Gasteiger partial charge in [0.2, 0.25) is 11.9 Å². The number of hydrogen-bond donors (Lipinski definition) is 2. The summed E-state index contributed by atoms with van der Waals surface area (Å²) in [6.45, 7) is 0.862. The lowest BCUT2D eigenvalue weighted by Crippen LogP contribution is -2.39. The summed E-state index contributed by atoms with van der Waals surface area (Å²) in [5.74, 6) is 2.33. The number of carbonyl (C=O) groups excluding carboxylic acids is 1. The molecule has 1 aromatic carbocycles. The van der Waals surface area contributed by atoms with Gasteiger partial charge in [0.15, 0.2) is 0 Å². The maximum Gasteiger partial charge on any atom is 0.225 e. The molecule has 2 heterocycles. The first kappa shape index (κ1) is 20.6. The smallest absolute Gasteiger partial charge is 0.225 e. The number of carbonyl (C=O) groups is 1. The minimum Gasteiger partial charge on any atom is -0.362 e. The molecule has 0 spiro atoms. The Morgan fingerprint density at radius 3 is 2.67 bits per heavy atom. The van der Waals surface area contributed by atoms with Crippen molar-refractivity contribution in [2.75, 3.05) is 30.9 Å². The Hall–Kier alpha value is -2.67. The molecule has 7 heteroatoms. The summed E-state index contributed by atoms with van der Waals surface area (Å²) in [6, 6.07) is 10.4. The van der Waals surface area contributed by atoms with Crippen LogP contribution in [0.25, 0.3) is 10.9 Å². The van der Waals surface area contributed by atoms with Crippen LogP contribution in [0.15, 0.2) is 41.1 Å². The van der Waals surface area contributed by atoms with Crippen LogP contribution >= 0.6 is 11.3 Å². The molecule has 1 aliphatic carbocycles. The molecule has 0 bridgehead atoms. The first-order valence-corrected chi connectivity index (χ1v) is 11.5. The van der Waals surface area contributed by atoms with Crippen molar-refractivity contribution in [3.63, 3.8) is 0 Å². The van der Waals surface area contributed by atoms with E-state index in [0.29, 0.717) is 24.3 Å². The van der Waals surface area contributed by atoms with Crippen molar-refractivity contribution in [3.05, 3.63) is 46.7 Å². The number of nitrogens with zero attached hydrogens (tertiary/aromatic N) is 3. The maximum atomic E-state index is 12.2. The molecule has 0 aliphatic heterocycles. The van der Waals surface area contributed by atoms with Crippen molar-refractivity contribution in [2.24, 2.45) is 5.92 Å². The Balaban J connectivity index is 1.28.